The Hall–Kier alpha value is -1.75. The number of hydrogen-bond donors (Lipinski definition) is 2. The van der Waals surface area contributed by atoms with E-state index in [4.69, 9.17) is 18.4 Å². The topological polar surface area (TPSA) is 112 Å². The van der Waals surface area contributed by atoms with Gasteiger partial charge in [0, 0.05) is 3.57 Å². The molecule has 1 aliphatic heterocycles. The molecule has 0 radical (unpaired) electrons. The van der Waals surface area contributed by atoms with Gasteiger partial charge in [0.1, 0.15) is 30.2 Å². The van der Waals surface area contributed by atoms with Crippen molar-refractivity contribution in [1.82, 2.24) is 0 Å². The monoisotopic (exact) mass is 630 g/mol. The van der Waals surface area contributed by atoms with Crippen molar-refractivity contribution >= 4 is 32.7 Å². The molecule has 0 bridgehead atoms. The van der Waals surface area contributed by atoms with Gasteiger partial charge in [0.05, 0.1) is 23.7 Å². The molecule has 5 atom stereocenters. The van der Waals surface area contributed by atoms with Gasteiger partial charge in [-0.25, -0.2) is 0 Å². The summed E-state index contributed by atoms with van der Waals surface area (Å²) in [5.74, 6) is 0.324. The zero-order chi connectivity index (χ0) is 25.8. The summed E-state index contributed by atoms with van der Waals surface area (Å²) < 4.78 is 86.4. The van der Waals surface area contributed by atoms with Crippen LogP contribution >= 0.6 is 22.6 Å². The molecule has 3 rings (SSSR count). The normalized spacial score (nSPS) is 25.3. The Morgan fingerprint density at radius 2 is 1.80 bits per heavy atom. The average molecular weight is 630 g/mol. The van der Waals surface area contributed by atoms with E-state index >= 15 is 0 Å². The van der Waals surface area contributed by atoms with Gasteiger partial charge in [-0.05, 0) is 65.1 Å². The smallest absolute Gasteiger partial charge is 0.416 e. The lowest BCUT2D eigenvalue weighted by molar-refractivity contribution is -0.283. The Labute approximate surface area is 213 Å². The summed E-state index contributed by atoms with van der Waals surface area (Å²) >= 11 is 2.09. The van der Waals surface area contributed by atoms with Gasteiger partial charge in [0.2, 0.25) is 6.29 Å². The van der Waals surface area contributed by atoms with Crippen molar-refractivity contribution in [3.63, 3.8) is 0 Å². The Bertz CT molecular complexity index is 1110. The fourth-order valence-corrected chi connectivity index (χ4v) is 4.54. The molecule has 0 aliphatic carbocycles. The van der Waals surface area contributed by atoms with Gasteiger partial charge < -0.3 is 24.4 Å². The lowest BCUT2D eigenvalue weighted by atomic mass is 9.99. The van der Waals surface area contributed by atoms with E-state index in [1.807, 2.05) is 0 Å². The van der Waals surface area contributed by atoms with Crippen molar-refractivity contribution in [3.05, 3.63) is 70.3 Å². The van der Waals surface area contributed by atoms with E-state index in [-0.39, 0.29) is 6.61 Å². The summed E-state index contributed by atoms with van der Waals surface area (Å²) in [6, 6.07) is 9.77. The predicted molar refractivity (Wildman–Crippen MR) is 125 cm³/mol. The molecular weight excluding hydrogens is 608 g/mol. The van der Waals surface area contributed by atoms with Crippen molar-refractivity contribution in [2.75, 3.05) is 13.2 Å². The van der Waals surface area contributed by atoms with Crippen LogP contribution < -0.4 is 4.74 Å². The van der Waals surface area contributed by atoms with Gasteiger partial charge in [-0.1, -0.05) is 12.1 Å². The van der Waals surface area contributed by atoms with Crippen molar-refractivity contribution in [3.8, 4) is 5.75 Å². The first-order chi connectivity index (χ1) is 16.4. The largest absolute Gasteiger partial charge is 0.462 e. The lowest BCUT2D eigenvalue weighted by Crippen LogP contribution is -2.61. The number of ether oxygens (including phenoxy) is 3. The van der Waals surface area contributed by atoms with Crippen LogP contribution in [-0.4, -0.2) is 62.6 Å². The maximum Gasteiger partial charge on any atom is 0.416 e. The molecule has 1 saturated heterocycles. The maximum atomic E-state index is 13.0. The summed E-state index contributed by atoms with van der Waals surface area (Å²) in [7, 11) is -4.65. The van der Waals surface area contributed by atoms with E-state index in [1.54, 1.807) is 24.3 Å². The van der Waals surface area contributed by atoms with Crippen molar-refractivity contribution in [2.45, 2.75) is 41.8 Å². The molecule has 13 heteroatoms. The zero-order valence-corrected chi connectivity index (χ0v) is 20.9. The van der Waals surface area contributed by atoms with E-state index < -0.39 is 64.1 Å². The zero-order valence-electron chi connectivity index (χ0n) is 18.0. The Morgan fingerprint density at radius 3 is 2.43 bits per heavy atom. The second-order valence-electron chi connectivity index (χ2n) is 7.45. The summed E-state index contributed by atoms with van der Waals surface area (Å²) in [5, 5.41) is 21.3. The lowest BCUT2D eigenvalue weighted by Gasteiger charge is -2.41. The fraction of sp³-hybridized carbons (Fsp3) is 0.364. The highest BCUT2D eigenvalue weighted by Gasteiger charge is 2.47. The second kappa shape index (κ2) is 11.5. The first kappa shape index (κ1) is 27.8. The van der Waals surface area contributed by atoms with E-state index in [2.05, 4.69) is 29.2 Å². The quantitative estimate of drug-likeness (QED) is 0.247. The molecule has 1 heterocycles. The number of halogens is 4. The van der Waals surface area contributed by atoms with Crippen LogP contribution in [0.5, 0.6) is 5.75 Å². The van der Waals surface area contributed by atoms with E-state index in [9.17, 15) is 31.8 Å². The van der Waals surface area contributed by atoms with Gasteiger partial charge in [0.15, 0.2) is 0 Å². The molecule has 0 spiro atoms. The van der Waals surface area contributed by atoms with Crippen LogP contribution in [0, 0.1) is 3.57 Å². The number of hydrogen-bond acceptors (Lipinski definition) is 8. The third-order valence-corrected chi connectivity index (χ3v) is 6.95. The van der Waals surface area contributed by atoms with E-state index in [0.29, 0.717) is 11.8 Å². The Kier molecular flexibility index (Phi) is 9.17. The van der Waals surface area contributed by atoms with Gasteiger partial charge in [0.25, 0.3) is 10.1 Å². The summed E-state index contributed by atoms with van der Waals surface area (Å²) in [4.78, 5) is -0.719. The fourth-order valence-electron chi connectivity index (χ4n) is 3.21. The van der Waals surface area contributed by atoms with Crippen LogP contribution in [0.25, 0.3) is 0 Å². The van der Waals surface area contributed by atoms with E-state index in [1.165, 1.54) is 6.08 Å². The third-order valence-electron chi connectivity index (χ3n) is 4.95. The minimum absolute atomic E-state index is 0.0504. The van der Waals surface area contributed by atoms with Gasteiger partial charge in [-0.15, -0.1) is 6.58 Å². The molecule has 35 heavy (non-hydrogen) atoms. The van der Waals surface area contributed by atoms with Gasteiger partial charge in [-0.2, -0.15) is 21.6 Å². The minimum atomic E-state index is -4.75. The highest BCUT2D eigenvalue weighted by atomic mass is 127. The molecule has 0 saturated carbocycles. The summed E-state index contributed by atoms with van der Waals surface area (Å²) in [6.45, 7) is 2.66. The molecule has 2 aromatic rings. The van der Waals surface area contributed by atoms with Crippen LogP contribution in [0.2, 0.25) is 0 Å². The molecule has 2 N–H and O–H groups in total. The second-order valence-corrected chi connectivity index (χ2v) is 10.3. The van der Waals surface area contributed by atoms with Crippen LogP contribution in [0.4, 0.5) is 13.2 Å². The Morgan fingerprint density at radius 1 is 1.11 bits per heavy atom. The predicted octanol–water partition coefficient (Wildman–Crippen LogP) is 3.11. The highest BCUT2D eigenvalue weighted by Crippen LogP contribution is 2.31. The Balaban J connectivity index is 1.78. The van der Waals surface area contributed by atoms with Crippen molar-refractivity contribution in [2.24, 2.45) is 0 Å². The number of rotatable bonds is 9. The van der Waals surface area contributed by atoms with Crippen molar-refractivity contribution in [1.29, 1.82) is 0 Å². The van der Waals surface area contributed by atoms with Crippen LogP contribution in [-0.2, 0) is 30.0 Å². The molecule has 1 aliphatic rings. The summed E-state index contributed by atoms with van der Waals surface area (Å²) in [5.41, 5.74) is -1.16. The standard InChI is InChI=1S/C22H22F3IO8S/c1-2-10-31-20-18(27)17(34-21(19(20)28)33-15-8-6-14(26)7-9-15)12-32-35(29,30)16-5-3-4-13(11-16)22(23,24)25/h2-9,11,17-21,27-28H,1,10,12H2/t17-,18+,19-,20-,21+/m0/s1. The minimum Gasteiger partial charge on any atom is -0.462 e. The maximum absolute atomic E-state index is 13.0. The molecule has 1 fully saturated rings. The van der Waals surface area contributed by atoms with Gasteiger partial charge >= 0.3 is 6.18 Å². The number of benzene rings is 2. The first-order valence-corrected chi connectivity index (χ1v) is 12.6. The molecule has 0 unspecified atom stereocenters. The highest BCUT2D eigenvalue weighted by molar-refractivity contribution is 14.1. The first-order valence-electron chi connectivity index (χ1n) is 10.2. The molecule has 0 amide bonds. The number of alkyl halides is 3. The third kappa shape index (κ3) is 7.15. The average Bonchev–Trinajstić information content (AvgIpc) is 2.81. The molecule has 192 valence electrons. The molecular formula is C22H22F3IO8S. The van der Waals surface area contributed by atoms with Gasteiger partial charge in [-0.3, -0.25) is 4.18 Å². The van der Waals surface area contributed by atoms with Crippen molar-refractivity contribution < 1.29 is 50.2 Å². The molecule has 2 aromatic carbocycles. The number of aliphatic hydroxyl groups excluding tert-OH is 2. The summed E-state index contributed by atoms with van der Waals surface area (Å²) in [6.07, 6.45) is -10.4. The number of aliphatic hydroxyl groups is 2. The van der Waals surface area contributed by atoms with Crippen LogP contribution in [0.15, 0.2) is 66.1 Å². The molecule has 8 nitrogen and oxygen atoms in total. The van der Waals surface area contributed by atoms with Crippen LogP contribution in [0.3, 0.4) is 0 Å². The van der Waals surface area contributed by atoms with E-state index in [0.717, 1.165) is 21.8 Å². The molecule has 0 aromatic heterocycles. The SMILES string of the molecule is C=CCO[C@@H]1[C@H](O)[C@H](Oc2ccc(I)cc2)O[C@@H](COS(=O)(=O)c2cccc(C(F)(F)F)c2)[C@H]1O. The van der Waals surface area contributed by atoms with Crippen LogP contribution in [0.1, 0.15) is 5.56 Å².